The van der Waals surface area contributed by atoms with Gasteiger partial charge < -0.3 is 9.15 Å². The van der Waals surface area contributed by atoms with E-state index < -0.39 is 10.3 Å². The van der Waals surface area contributed by atoms with E-state index in [0.29, 0.717) is 19.6 Å². The van der Waals surface area contributed by atoms with Crippen LogP contribution in [0.3, 0.4) is 0 Å². The maximum atomic E-state index is 12.7. The SMILES string of the molecule is Cc1ccc(-c2cc(CN(Cc3ccc(SC(C)(C)C(=O)OC(C)(C)C)cc3)Cc3ccco3)ncn2)cc1. The smallest absolute Gasteiger partial charge is 0.322 e. The lowest BCUT2D eigenvalue weighted by Gasteiger charge is -2.28. The van der Waals surface area contributed by atoms with Crippen molar-refractivity contribution in [2.24, 2.45) is 0 Å². The molecule has 39 heavy (non-hydrogen) atoms. The van der Waals surface area contributed by atoms with Crippen LogP contribution in [0, 0.1) is 6.92 Å². The molecule has 7 heteroatoms. The lowest BCUT2D eigenvalue weighted by atomic mass is 10.1. The molecule has 0 amide bonds. The predicted molar refractivity (Wildman–Crippen MR) is 156 cm³/mol. The van der Waals surface area contributed by atoms with Gasteiger partial charge in [0.05, 0.1) is 24.2 Å². The predicted octanol–water partition coefficient (Wildman–Crippen LogP) is 7.46. The molecule has 0 aliphatic carbocycles. The largest absolute Gasteiger partial charge is 0.468 e. The van der Waals surface area contributed by atoms with Crippen molar-refractivity contribution < 1.29 is 13.9 Å². The van der Waals surface area contributed by atoms with E-state index in [0.717, 1.165) is 33.2 Å². The van der Waals surface area contributed by atoms with Crippen LogP contribution >= 0.6 is 11.8 Å². The first-order valence-corrected chi connectivity index (χ1v) is 13.9. The number of hydrogen-bond acceptors (Lipinski definition) is 7. The number of esters is 1. The zero-order chi connectivity index (χ0) is 28.0. The second-order valence-corrected chi connectivity index (χ2v) is 12.9. The van der Waals surface area contributed by atoms with Crippen LogP contribution in [-0.2, 0) is 29.2 Å². The summed E-state index contributed by atoms with van der Waals surface area (Å²) in [4.78, 5) is 25.1. The molecule has 0 aliphatic heterocycles. The maximum Gasteiger partial charge on any atom is 0.322 e. The van der Waals surface area contributed by atoms with Crippen LogP contribution in [0.2, 0.25) is 0 Å². The summed E-state index contributed by atoms with van der Waals surface area (Å²) in [5, 5.41) is 0. The Morgan fingerprint density at radius 3 is 2.28 bits per heavy atom. The number of rotatable bonds is 10. The van der Waals surface area contributed by atoms with Crippen molar-refractivity contribution in [3.05, 3.63) is 102 Å². The van der Waals surface area contributed by atoms with Crippen LogP contribution in [-0.4, -0.2) is 31.2 Å². The number of furan rings is 1. The number of aryl methyl sites for hydroxylation is 1. The number of thioether (sulfide) groups is 1. The third-order valence-electron chi connectivity index (χ3n) is 6.01. The van der Waals surface area contributed by atoms with Crippen LogP contribution in [0.15, 0.2) is 88.6 Å². The summed E-state index contributed by atoms with van der Waals surface area (Å²) in [5.41, 5.74) is 4.79. The Hall–Kier alpha value is -3.42. The molecule has 0 N–H and O–H groups in total. The van der Waals surface area contributed by atoms with E-state index in [-0.39, 0.29) is 5.97 Å². The molecule has 6 nitrogen and oxygen atoms in total. The highest BCUT2D eigenvalue weighted by Gasteiger charge is 2.33. The number of ether oxygens (including phenoxy) is 1. The molecule has 204 valence electrons. The summed E-state index contributed by atoms with van der Waals surface area (Å²) >= 11 is 1.51. The molecule has 0 radical (unpaired) electrons. The van der Waals surface area contributed by atoms with Crippen LogP contribution in [0.1, 0.15) is 57.2 Å². The third kappa shape index (κ3) is 8.53. The van der Waals surface area contributed by atoms with Gasteiger partial charge in [-0.2, -0.15) is 0 Å². The van der Waals surface area contributed by atoms with E-state index in [2.05, 4.69) is 76.4 Å². The molecule has 0 fully saturated rings. The monoisotopic (exact) mass is 543 g/mol. The summed E-state index contributed by atoms with van der Waals surface area (Å²) in [6.07, 6.45) is 3.33. The molecule has 0 bridgehead atoms. The summed E-state index contributed by atoms with van der Waals surface area (Å²) in [6.45, 7) is 13.6. The fraction of sp³-hybridized carbons (Fsp3) is 0.344. The normalized spacial score (nSPS) is 12.1. The lowest BCUT2D eigenvalue weighted by Crippen LogP contribution is -2.36. The van der Waals surface area contributed by atoms with Gasteiger partial charge in [-0.15, -0.1) is 11.8 Å². The van der Waals surface area contributed by atoms with Crippen LogP contribution in [0.25, 0.3) is 11.3 Å². The second-order valence-electron chi connectivity index (χ2n) is 11.2. The molecule has 2 aromatic carbocycles. The van der Waals surface area contributed by atoms with Crippen LogP contribution in [0.4, 0.5) is 0 Å². The average Bonchev–Trinajstić information content (AvgIpc) is 3.38. The standard InChI is InChI=1S/C32H37N3O3S/c1-23-9-13-25(14-10-23)29-18-26(33-22-34-29)20-35(21-27-8-7-17-37-27)19-24-11-15-28(16-12-24)39-32(5,6)30(36)38-31(2,3)4/h7-18,22H,19-21H2,1-6H3. The Labute approximate surface area is 235 Å². The van der Waals surface area contributed by atoms with E-state index in [1.807, 2.05) is 46.8 Å². The number of aromatic nitrogens is 2. The van der Waals surface area contributed by atoms with Crippen molar-refractivity contribution in [1.29, 1.82) is 0 Å². The Bertz CT molecular complexity index is 1360. The topological polar surface area (TPSA) is 68.5 Å². The van der Waals surface area contributed by atoms with Gasteiger partial charge in [0.25, 0.3) is 0 Å². The average molecular weight is 544 g/mol. The Kier molecular flexibility index (Phi) is 8.93. The third-order valence-corrected chi connectivity index (χ3v) is 7.19. The minimum Gasteiger partial charge on any atom is -0.468 e. The molecule has 0 saturated heterocycles. The number of carbonyl (C=O) groups is 1. The highest BCUT2D eigenvalue weighted by Crippen LogP contribution is 2.35. The van der Waals surface area contributed by atoms with Gasteiger partial charge in [-0.05, 0) is 77.4 Å². The van der Waals surface area contributed by atoms with Crippen LogP contribution < -0.4 is 0 Å². The molecule has 0 saturated carbocycles. The van der Waals surface area contributed by atoms with E-state index >= 15 is 0 Å². The number of nitrogens with zero attached hydrogens (tertiary/aromatic N) is 3. The molecule has 0 atom stereocenters. The van der Waals surface area contributed by atoms with Gasteiger partial charge in [-0.25, -0.2) is 9.97 Å². The molecule has 4 aromatic rings. The maximum absolute atomic E-state index is 12.7. The van der Waals surface area contributed by atoms with E-state index in [1.165, 1.54) is 17.3 Å². The molecule has 0 spiro atoms. The first kappa shape index (κ1) is 28.6. The van der Waals surface area contributed by atoms with Gasteiger partial charge in [0, 0.05) is 23.5 Å². The molecule has 2 aromatic heterocycles. The summed E-state index contributed by atoms with van der Waals surface area (Å²) < 4.78 is 10.6. The Balaban J connectivity index is 1.47. The highest BCUT2D eigenvalue weighted by molar-refractivity contribution is 8.01. The molecular weight excluding hydrogens is 506 g/mol. The van der Waals surface area contributed by atoms with Crippen molar-refractivity contribution in [2.45, 2.75) is 76.4 Å². The van der Waals surface area contributed by atoms with Gasteiger partial charge in [-0.3, -0.25) is 9.69 Å². The fourth-order valence-corrected chi connectivity index (χ4v) is 5.03. The summed E-state index contributed by atoms with van der Waals surface area (Å²) in [5.74, 6) is 0.678. The van der Waals surface area contributed by atoms with Gasteiger partial charge in [0.1, 0.15) is 22.4 Å². The second kappa shape index (κ2) is 12.2. The van der Waals surface area contributed by atoms with Gasteiger partial charge >= 0.3 is 5.97 Å². The van der Waals surface area contributed by atoms with E-state index in [9.17, 15) is 4.79 Å². The first-order chi connectivity index (χ1) is 18.5. The molecule has 0 unspecified atom stereocenters. The zero-order valence-corrected chi connectivity index (χ0v) is 24.4. The highest BCUT2D eigenvalue weighted by atomic mass is 32.2. The van der Waals surface area contributed by atoms with Crippen molar-refractivity contribution in [3.8, 4) is 11.3 Å². The molecular formula is C32H37N3O3S. The van der Waals surface area contributed by atoms with Crippen molar-refractivity contribution in [2.75, 3.05) is 0 Å². The summed E-state index contributed by atoms with van der Waals surface area (Å²) in [6, 6.07) is 22.7. The molecule has 0 aliphatic rings. The quantitative estimate of drug-likeness (QED) is 0.152. The zero-order valence-electron chi connectivity index (χ0n) is 23.6. The van der Waals surface area contributed by atoms with Crippen molar-refractivity contribution in [1.82, 2.24) is 14.9 Å². The Morgan fingerprint density at radius 2 is 1.64 bits per heavy atom. The fourth-order valence-electron chi connectivity index (χ4n) is 4.04. The minimum atomic E-state index is -0.692. The van der Waals surface area contributed by atoms with Crippen LogP contribution in [0.5, 0.6) is 0 Å². The summed E-state index contributed by atoms with van der Waals surface area (Å²) in [7, 11) is 0. The molecule has 2 heterocycles. The first-order valence-electron chi connectivity index (χ1n) is 13.1. The van der Waals surface area contributed by atoms with E-state index in [4.69, 9.17) is 9.15 Å². The van der Waals surface area contributed by atoms with E-state index in [1.54, 1.807) is 12.6 Å². The number of benzene rings is 2. The van der Waals surface area contributed by atoms with Gasteiger partial charge in [-0.1, -0.05) is 42.0 Å². The van der Waals surface area contributed by atoms with Gasteiger partial charge in [0.2, 0.25) is 0 Å². The lowest BCUT2D eigenvalue weighted by molar-refractivity contribution is -0.156. The van der Waals surface area contributed by atoms with Crippen molar-refractivity contribution >= 4 is 17.7 Å². The molecule has 4 rings (SSSR count). The number of carbonyl (C=O) groups excluding carboxylic acids is 1. The Morgan fingerprint density at radius 1 is 0.923 bits per heavy atom. The minimum absolute atomic E-state index is 0.219. The number of hydrogen-bond donors (Lipinski definition) is 0. The van der Waals surface area contributed by atoms with Gasteiger partial charge in [0.15, 0.2) is 0 Å². The van der Waals surface area contributed by atoms with Crippen molar-refractivity contribution in [3.63, 3.8) is 0 Å².